The second kappa shape index (κ2) is 8.52. The lowest BCUT2D eigenvalue weighted by Gasteiger charge is -2.20. The van der Waals surface area contributed by atoms with Crippen molar-refractivity contribution in [3.63, 3.8) is 0 Å². The normalized spacial score (nSPS) is 13.7. The zero-order chi connectivity index (χ0) is 18.4. The van der Waals surface area contributed by atoms with Crippen LogP contribution >= 0.6 is 0 Å². The molecular formula is C21H24N2O3. The second-order valence-electron chi connectivity index (χ2n) is 6.42. The summed E-state index contributed by atoms with van der Waals surface area (Å²) in [6, 6.07) is 15.6. The number of amides is 2. The lowest BCUT2D eigenvalue weighted by atomic mass is 10.1. The molecule has 2 aromatic carbocycles. The summed E-state index contributed by atoms with van der Waals surface area (Å²) in [4.78, 5) is 26.0. The Hall–Kier alpha value is -2.82. The Morgan fingerprint density at radius 2 is 2.00 bits per heavy atom. The van der Waals surface area contributed by atoms with E-state index in [1.807, 2.05) is 24.3 Å². The van der Waals surface area contributed by atoms with E-state index < -0.39 is 0 Å². The largest absolute Gasteiger partial charge is 0.495 e. The van der Waals surface area contributed by atoms with Crippen LogP contribution in [0, 0.1) is 0 Å². The van der Waals surface area contributed by atoms with Gasteiger partial charge in [-0.15, -0.1) is 0 Å². The fourth-order valence-electron chi connectivity index (χ4n) is 3.20. The van der Waals surface area contributed by atoms with Crippen LogP contribution in [0.5, 0.6) is 5.75 Å². The van der Waals surface area contributed by atoms with E-state index in [1.165, 1.54) is 5.56 Å². The van der Waals surface area contributed by atoms with Crippen molar-refractivity contribution in [2.75, 3.05) is 23.9 Å². The van der Waals surface area contributed by atoms with Gasteiger partial charge in [-0.1, -0.05) is 30.3 Å². The molecule has 1 N–H and O–H groups in total. The van der Waals surface area contributed by atoms with Crippen LogP contribution in [0.25, 0.3) is 0 Å². The van der Waals surface area contributed by atoms with E-state index in [0.717, 1.165) is 24.9 Å². The third-order valence-electron chi connectivity index (χ3n) is 4.54. The van der Waals surface area contributed by atoms with Crippen LogP contribution in [-0.2, 0) is 16.0 Å². The highest BCUT2D eigenvalue weighted by atomic mass is 16.5. The molecule has 0 radical (unpaired) electrons. The van der Waals surface area contributed by atoms with Gasteiger partial charge in [0, 0.05) is 25.1 Å². The average molecular weight is 352 g/mol. The lowest BCUT2D eigenvalue weighted by Crippen LogP contribution is -2.24. The number of carbonyl (C=O) groups is 2. The SMILES string of the molecule is COc1ccc(NC(=O)CCCc2ccccc2)cc1N1CCCC1=O. The van der Waals surface area contributed by atoms with Crippen molar-refractivity contribution >= 4 is 23.2 Å². The van der Waals surface area contributed by atoms with E-state index in [2.05, 4.69) is 17.4 Å². The number of rotatable bonds is 7. The van der Waals surface area contributed by atoms with Gasteiger partial charge in [0.1, 0.15) is 5.75 Å². The van der Waals surface area contributed by atoms with E-state index >= 15 is 0 Å². The topological polar surface area (TPSA) is 58.6 Å². The third-order valence-corrected chi connectivity index (χ3v) is 4.54. The second-order valence-corrected chi connectivity index (χ2v) is 6.42. The number of carbonyl (C=O) groups excluding carboxylic acids is 2. The van der Waals surface area contributed by atoms with Gasteiger partial charge in [-0.3, -0.25) is 9.59 Å². The number of aryl methyl sites for hydroxylation is 1. The zero-order valence-electron chi connectivity index (χ0n) is 15.0. The first-order valence-corrected chi connectivity index (χ1v) is 8.99. The molecule has 5 heteroatoms. The molecule has 0 saturated carbocycles. The Morgan fingerprint density at radius 3 is 2.69 bits per heavy atom. The van der Waals surface area contributed by atoms with Gasteiger partial charge >= 0.3 is 0 Å². The van der Waals surface area contributed by atoms with Crippen molar-refractivity contribution in [3.05, 3.63) is 54.1 Å². The molecule has 0 spiro atoms. The summed E-state index contributed by atoms with van der Waals surface area (Å²) in [7, 11) is 1.58. The van der Waals surface area contributed by atoms with Crippen LogP contribution in [0.1, 0.15) is 31.2 Å². The predicted molar refractivity (Wildman–Crippen MR) is 103 cm³/mol. The molecule has 2 amide bonds. The van der Waals surface area contributed by atoms with Gasteiger partial charge in [0.05, 0.1) is 12.8 Å². The first-order chi connectivity index (χ1) is 12.7. The van der Waals surface area contributed by atoms with Crippen molar-refractivity contribution in [2.45, 2.75) is 32.1 Å². The number of methoxy groups -OCH3 is 1. The zero-order valence-corrected chi connectivity index (χ0v) is 15.0. The minimum atomic E-state index is -0.0233. The van der Waals surface area contributed by atoms with Gasteiger partial charge in [-0.2, -0.15) is 0 Å². The van der Waals surface area contributed by atoms with Crippen LogP contribution in [0.3, 0.4) is 0 Å². The number of hydrogen-bond donors (Lipinski definition) is 1. The average Bonchev–Trinajstić information content (AvgIpc) is 3.08. The van der Waals surface area contributed by atoms with Crippen molar-refractivity contribution in [3.8, 4) is 5.75 Å². The van der Waals surface area contributed by atoms with Crippen molar-refractivity contribution in [2.24, 2.45) is 0 Å². The molecule has 0 atom stereocenters. The van der Waals surface area contributed by atoms with Crippen LogP contribution in [0.4, 0.5) is 11.4 Å². The Bertz CT molecular complexity index is 774. The van der Waals surface area contributed by atoms with E-state index in [-0.39, 0.29) is 11.8 Å². The van der Waals surface area contributed by atoms with Gasteiger partial charge < -0.3 is 15.0 Å². The minimum absolute atomic E-state index is 0.0233. The number of benzene rings is 2. The van der Waals surface area contributed by atoms with E-state index in [1.54, 1.807) is 24.1 Å². The maximum absolute atomic E-state index is 12.2. The first-order valence-electron chi connectivity index (χ1n) is 8.99. The molecule has 0 aliphatic carbocycles. The summed E-state index contributed by atoms with van der Waals surface area (Å²) >= 11 is 0. The molecule has 2 aromatic rings. The maximum atomic E-state index is 12.2. The number of ether oxygens (including phenoxy) is 1. The minimum Gasteiger partial charge on any atom is -0.495 e. The maximum Gasteiger partial charge on any atom is 0.227 e. The summed E-state index contributed by atoms with van der Waals surface area (Å²) in [6.45, 7) is 0.684. The highest BCUT2D eigenvalue weighted by Crippen LogP contribution is 2.34. The van der Waals surface area contributed by atoms with Crippen LogP contribution < -0.4 is 15.0 Å². The van der Waals surface area contributed by atoms with Gasteiger partial charge in [0.2, 0.25) is 11.8 Å². The molecule has 1 fully saturated rings. The molecule has 26 heavy (non-hydrogen) atoms. The summed E-state index contributed by atoms with van der Waals surface area (Å²) in [6.07, 6.45) is 3.53. The Labute approximate surface area is 154 Å². The molecule has 3 rings (SSSR count). The molecule has 136 valence electrons. The molecule has 1 saturated heterocycles. The summed E-state index contributed by atoms with van der Waals surface area (Å²) < 4.78 is 5.37. The molecular weight excluding hydrogens is 328 g/mol. The van der Waals surface area contributed by atoms with Crippen molar-refractivity contribution < 1.29 is 14.3 Å². The van der Waals surface area contributed by atoms with Crippen LogP contribution in [-0.4, -0.2) is 25.5 Å². The molecule has 0 bridgehead atoms. The van der Waals surface area contributed by atoms with Gasteiger partial charge in [0.15, 0.2) is 0 Å². The molecule has 0 unspecified atom stereocenters. The van der Waals surface area contributed by atoms with Crippen LogP contribution in [0.2, 0.25) is 0 Å². The Morgan fingerprint density at radius 1 is 1.19 bits per heavy atom. The highest BCUT2D eigenvalue weighted by Gasteiger charge is 2.24. The molecule has 0 aromatic heterocycles. The first kappa shape index (κ1) is 18.0. The van der Waals surface area contributed by atoms with Crippen molar-refractivity contribution in [1.82, 2.24) is 0 Å². The summed E-state index contributed by atoms with van der Waals surface area (Å²) in [5, 5.41) is 2.93. The lowest BCUT2D eigenvalue weighted by molar-refractivity contribution is -0.117. The molecule has 1 heterocycles. The number of nitrogens with one attached hydrogen (secondary N) is 1. The van der Waals surface area contributed by atoms with Crippen molar-refractivity contribution in [1.29, 1.82) is 0 Å². The van der Waals surface area contributed by atoms with E-state index in [9.17, 15) is 9.59 Å². The van der Waals surface area contributed by atoms with Crippen LogP contribution in [0.15, 0.2) is 48.5 Å². The number of anilines is 2. The quantitative estimate of drug-likeness (QED) is 0.825. The van der Waals surface area contributed by atoms with Gasteiger partial charge in [0.25, 0.3) is 0 Å². The smallest absolute Gasteiger partial charge is 0.227 e. The Balaban J connectivity index is 1.60. The summed E-state index contributed by atoms with van der Waals surface area (Å²) in [5.41, 5.74) is 2.64. The molecule has 1 aliphatic heterocycles. The predicted octanol–water partition coefficient (Wildman–Crippen LogP) is 3.78. The number of hydrogen-bond acceptors (Lipinski definition) is 3. The monoisotopic (exact) mass is 352 g/mol. The fourth-order valence-corrected chi connectivity index (χ4v) is 3.20. The van der Waals surface area contributed by atoms with E-state index in [4.69, 9.17) is 4.74 Å². The van der Waals surface area contributed by atoms with Gasteiger partial charge in [-0.25, -0.2) is 0 Å². The summed E-state index contributed by atoms with van der Waals surface area (Å²) in [5.74, 6) is 0.710. The van der Waals surface area contributed by atoms with Gasteiger partial charge in [-0.05, 0) is 43.0 Å². The number of nitrogens with zero attached hydrogens (tertiary/aromatic N) is 1. The fraction of sp³-hybridized carbons (Fsp3) is 0.333. The standard InChI is InChI=1S/C21H24N2O3/c1-26-19-13-12-17(15-18(19)23-14-6-11-21(23)25)22-20(24)10-5-9-16-7-3-2-4-8-16/h2-4,7-8,12-13,15H,5-6,9-11,14H2,1H3,(H,22,24). The Kier molecular flexibility index (Phi) is 5.89. The molecule has 5 nitrogen and oxygen atoms in total. The molecule has 1 aliphatic rings. The van der Waals surface area contributed by atoms with E-state index in [0.29, 0.717) is 30.8 Å². The highest BCUT2D eigenvalue weighted by molar-refractivity contribution is 5.98. The third kappa shape index (κ3) is 4.42.